The quantitative estimate of drug-likeness (QED) is 0.0222. The third-order valence-electron chi connectivity index (χ3n) is 19.1. The number of ether oxygens (including phenoxy) is 4. The molecule has 0 aliphatic heterocycles. The fraction of sp³-hybridized carbons (Fsp3) is 0.950. The van der Waals surface area contributed by atoms with Crippen LogP contribution >= 0.6 is 15.6 Å². The molecule has 0 heterocycles. The molecule has 0 aliphatic carbocycles. The Morgan fingerprint density at radius 1 is 0.283 bits per heavy atom. The number of phosphoric acid groups is 2. The van der Waals surface area contributed by atoms with E-state index in [0.717, 1.165) is 95.8 Å². The van der Waals surface area contributed by atoms with Gasteiger partial charge in [-0.25, -0.2) is 9.13 Å². The normalized spacial score (nSPS) is 14.1. The molecule has 0 fully saturated rings. The second-order valence-electron chi connectivity index (χ2n) is 29.1. The number of aliphatic hydroxyl groups is 1. The van der Waals surface area contributed by atoms with Crippen molar-refractivity contribution >= 4 is 39.5 Å². The number of unbranched alkanes of at least 4 members (excludes halogenated alkanes) is 51. The Morgan fingerprint density at radius 3 is 0.717 bits per heavy atom. The number of esters is 4. The lowest BCUT2D eigenvalue weighted by molar-refractivity contribution is -0.161. The molecule has 0 bridgehead atoms. The Hall–Kier alpha value is -1.94. The maximum absolute atomic E-state index is 13.1. The van der Waals surface area contributed by atoms with E-state index < -0.39 is 97.5 Å². The summed E-state index contributed by atoms with van der Waals surface area (Å²) in [6, 6.07) is 0. The maximum atomic E-state index is 13.1. The second-order valence-corrected chi connectivity index (χ2v) is 32.0. The number of aliphatic hydroxyl groups excluding tert-OH is 1. The highest BCUT2D eigenvalue weighted by molar-refractivity contribution is 7.47. The topological polar surface area (TPSA) is 237 Å². The van der Waals surface area contributed by atoms with Gasteiger partial charge in [-0.3, -0.25) is 37.3 Å². The summed E-state index contributed by atoms with van der Waals surface area (Å²) in [4.78, 5) is 72.9. The lowest BCUT2D eigenvalue weighted by Gasteiger charge is -2.21. The molecule has 0 spiro atoms. The van der Waals surface area contributed by atoms with Crippen molar-refractivity contribution in [1.29, 1.82) is 0 Å². The molecule has 0 saturated carbocycles. The van der Waals surface area contributed by atoms with Crippen LogP contribution in [0.25, 0.3) is 0 Å². The van der Waals surface area contributed by atoms with Crippen molar-refractivity contribution in [2.75, 3.05) is 39.6 Å². The zero-order valence-corrected chi connectivity index (χ0v) is 66.4. The van der Waals surface area contributed by atoms with Gasteiger partial charge in [0.25, 0.3) is 0 Å². The van der Waals surface area contributed by atoms with Crippen molar-refractivity contribution < 1.29 is 80.2 Å². The van der Waals surface area contributed by atoms with Crippen molar-refractivity contribution in [3.63, 3.8) is 0 Å². The highest BCUT2D eigenvalue weighted by Crippen LogP contribution is 2.45. The first kappa shape index (κ1) is 97.1. The van der Waals surface area contributed by atoms with Crippen LogP contribution in [-0.4, -0.2) is 96.7 Å². The monoisotopic (exact) mass is 1450 g/mol. The molecule has 0 rings (SSSR count). The molecule has 19 heteroatoms. The number of carbonyl (C=O) groups excluding carboxylic acids is 4. The molecule has 588 valence electrons. The molecule has 0 aromatic rings. The zero-order chi connectivity index (χ0) is 72.7. The van der Waals surface area contributed by atoms with Gasteiger partial charge in [0.15, 0.2) is 12.2 Å². The van der Waals surface area contributed by atoms with Gasteiger partial charge < -0.3 is 33.8 Å². The molecule has 0 aromatic carbocycles. The van der Waals surface area contributed by atoms with E-state index in [4.69, 9.17) is 37.0 Å². The Kier molecular flexibility index (Phi) is 71.6. The summed E-state index contributed by atoms with van der Waals surface area (Å²) in [7, 11) is -9.91. The summed E-state index contributed by atoms with van der Waals surface area (Å²) in [5.41, 5.74) is 0. The van der Waals surface area contributed by atoms with Crippen LogP contribution in [0.4, 0.5) is 0 Å². The van der Waals surface area contributed by atoms with Gasteiger partial charge >= 0.3 is 39.5 Å². The first-order valence-corrected chi connectivity index (χ1v) is 44.7. The molecule has 0 radical (unpaired) electrons. The summed E-state index contributed by atoms with van der Waals surface area (Å²) in [6.07, 6.45) is 63.9. The van der Waals surface area contributed by atoms with Crippen LogP contribution in [0.3, 0.4) is 0 Å². The van der Waals surface area contributed by atoms with Gasteiger partial charge in [0.05, 0.1) is 26.4 Å². The molecular formula is C80H156O17P2. The number of phosphoric ester groups is 2. The van der Waals surface area contributed by atoms with Crippen LogP contribution in [0.2, 0.25) is 0 Å². The zero-order valence-electron chi connectivity index (χ0n) is 64.6. The predicted molar refractivity (Wildman–Crippen MR) is 405 cm³/mol. The molecule has 0 aliphatic rings. The number of rotatable bonds is 80. The molecule has 17 nitrogen and oxygen atoms in total. The van der Waals surface area contributed by atoms with E-state index in [-0.39, 0.29) is 25.7 Å². The third kappa shape index (κ3) is 72.8. The first-order valence-electron chi connectivity index (χ1n) is 41.7. The molecule has 6 atom stereocenters. The van der Waals surface area contributed by atoms with Gasteiger partial charge in [0.2, 0.25) is 0 Å². The molecule has 0 saturated heterocycles. The Labute approximate surface area is 607 Å². The molecule has 0 amide bonds. The summed E-state index contributed by atoms with van der Waals surface area (Å²) in [5, 5.41) is 10.6. The van der Waals surface area contributed by atoms with Gasteiger partial charge in [-0.2, -0.15) is 0 Å². The predicted octanol–water partition coefficient (Wildman–Crippen LogP) is 24.0. The highest BCUT2D eigenvalue weighted by Gasteiger charge is 2.30. The lowest BCUT2D eigenvalue weighted by Crippen LogP contribution is -2.30. The van der Waals surface area contributed by atoms with Crippen molar-refractivity contribution in [3.8, 4) is 0 Å². The molecule has 0 aromatic heterocycles. The van der Waals surface area contributed by atoms with Gasteiger partial charge in [0, 0.05) is 25.7 Å². The average Bonchev–Trinajstić information content (AvgIpc) is 1.23. The molecule has 3 unspecified atom stereocenters. The van der Waals surface area contributed by atoms with Gasteiger partial charge in [0.1, 0.15) is 19.3 Å². The summed E-state index contributed by atoms with van der Waals surface area (Å²) in [6.45, 7) is 7.30. The molecule has 3 N–H and O–H groups in total. The smallest absolute Gasteiger partial charge is 0.462 e. The second kappa shape index (κ2) is 73.0. The van der Waals surface area contributed by atoms with Crippen LogP contribution in [-0.2, 0) is 65.4 Å². The molecule has 99 heavy (non-hydrogen) atoms. The minimum atomic E-state index is -4.96. The lowest BCUT2D eigenvalue weighted by atomic mass is 9.99. The largest absolute Gasteiger partial charge is 0.472 e. The summed E-state index contributed by atoms with van der Waals surface area (Å²) >= 11 is 0. The number of carbonyl (C=O) groups is 4. The van der Waals surface area contributed by atoms with E-state index in [2.05, 4.69) is 34.6 Å². The van der Waals surface area contributed by atoms with E-state index in [1.54, 1.807) is 0 Å². The van der Waals surface area contributed by atoms with Crippen LogP contribution in [0.15, 0.2) is 0 Å². The van der Waals surface area contributed by atoms with E-state index >= 15 is 0 Å². The fourth-order valence-electron chi connectivity index (χ4n) is 12.4. The minimum absolute atomic E-state index is 0.105. The maximum Gasteiger partial charge on any atom is 0.472 e. The van der Waals surface area contributed by atoms with Crippen LogP contribution in [0.1, 0.15) is 426 Å². The van der Waals surface area contributed by atoms with Crippen molar-refractivity contribution in [2.24, 2.45) is 5.92 Å². The van der Waals surface area contributed by atoms with E-state index in [9.17, 15) is 43.2 Å². The third-order valence-corrected chi connectivity index (χ3v) is 21.0. The van der Waals surface area contributed by atoms with Crippen LogP contribution in [0.5, 0.6) is 0 Å². The SMILES string of the molecule is CCCCCCCCCCCCCCCCCCCCCC(=O)OC[C@H](COP(=O)(O)OC[C@@H](O)COP(=O)(O)OC[C@@H](COC(=O)CCCCCCCCCCC)OC(=O)CCCCCCCCCCC(C)CC)OC(=O)CCCCCCCCCCCCCCCCCCCCC. The van der Waals surface area contributed by atoms with Crippen LogP contribution in [0, 0.1) is 5.92 Å². The van der Waals surface area contributed by atoms with Crippen molar-refractivity contribution in [1.82, 2.24) is 0 Å². The fourth-order valence-corrected chi connectivity index (χ4v) is 14.0. The Bertz CT molecular complexity index is 1890. The van der Waals surface area contributed by atoms with E-state index in [1.165, 1.54) is 250 Å². The van der Waals surface area contributed by atoms with E-state index in [0.29, 0.717) is 25.7 Å². The highest BCUT2D eigenvalue weighted by atomic mass is 31.2. The van der Waals surface area contributed by atoms with Gasteiger partial charge in [-0.15, -0.1) is 0 Å². The van der Waals surface area contributed by atoms with Gasteiger partial charge in [-0.05, 0) is 31.6 Å². The standard InChI is InChI=1S/C80H156O17P2/c1-6-10-13-16-19-22-24-26-28-30-32-34-36-38-40-43-49-54-59-64-78(83)91-70-75(96-79(84)65-60-55-50-44-41-39-37-35-33-31-29-27-25-23-20-17-14-11-7-2)71-94-98(86,87)92-67-74(81)68-93-99(88,89)95-72-76(69-90-77(82)63-58-53-48-42-21-18-15-12-8-3)97-80(85)66-61-56-51-46-45-47-52-57-62-73(5)9-4/h73-76,81H,6-72H2,1-5H3,(H,86,87)(H,88,89)/t73?,74-,75-,76-/m1/s1. The first-order chi connectivity index (χ1) is 48.1. The minimum Gasteiger partial charge on any atom is -0.462 e. The van der Waals surface area contributed by atoms with Crippen molar-refractivity contribution in [2.45, 2.75) is 445 Å². The number of hydrogen-bond acceptors (Lipinski definition) is 15. The summed E-state index contributed by atoms with van der Waals surface area (Å²) < 4.78 is 68.6. The Morgan fingerprint density at radius 2 is 0.485 bits per heavy atom. The van der Waals surface area contributed by atoms with E-state index in [1.807, 2.05) is 0 Å². The average molecular weight is 1450 g/mol. The number of hydrogen-bond donors (Lipinski definition) is 3. The van der Waals surface area contributed by atoms with Crippen LogP contribution < -0.4 is 0 Å². The molecular weight excluding hydrogens is 1290 g/mol. The summed E-state index contributed by atoms with van der Waals surface area (Å²) in [5.74, 6) is -1.34. The van der Waals surface area contributed by atoms with Gasteiger partial charge in [-0.1, -0.05) is 375 Å². The van der Waals surface area contributed by atoms with Crippen molar-refractivity contribution in [3.05, 3.63) is 0 Å². The Balaban J connectivity index is 5.21.